The summed E-state index contributed by atoms with van der Waals surface area (Å²) < 4.78 is 11.3. The number of carbonyl (C=O) groups is 1. The van der Waals surface area contributed by atoms with Gasteiger partial charge in [0.15, 0.2) is 0 Å². The predicted octanol–water partition coefficient (Wildman–Crippen LogP) is 4.02. The fraction of sp³-hybridized carbons (Fsp3) is 0.474. The van der Waals surface area contributed by atoms with E-state index in [9.17, 15) is 9.59 Å². The first-order valence-electron chi connectivity index (χ1n) is 8.37. The molecule has 130 valence electrons. The Morgan fingerprint density at radius 1 is 1.21 bits per heavy atom. The van der Waals surface area contributed by atoms with Crippen LogP contribution in [-0.4, -0.2) is 17.7 Å². The molecule has 1 N–H and O–H groups in total. The number of ether oxygens (including phenoxy) is 1. The van der Waals surface area contributed by atoms with Crippen LogP contribution < -0.4 is 10.4 Å². The normalized spacial score (nSPS) is 11.1. The fourth-order valence-corrected chi connectivity index (χ4v) is 2.54. The quantitative estimate of drug-likeness (QED) is 0.554. The van der Waals surface area contributed by atoms with Crippen molar-refractivity contribution < 1.29 is 19.1 Å². The van der Waals surface area contributed by atoms with Crippen LogP contribution in [0.3, 0.4) is 0 Å². The molecule has 0 spiro atoms. The van der Waals surface area contributed by atoms with Crippen LogP contribution in [0.25, 0.3) is 11.0 Å². The van der Waals surface area contributed by atoms with E-state index in [2.05, 4.69) is 13.8 Å². The number of fused-ring (bicyclic) bond motifs is 1. The van der Waals surface area contributed by atoms with E-state index in [1.165, 1.54) is 6.07 Å². The van der Waals surface area contributed by atoms with Gasteiger partial charge in [-0.15, -0.1) is 0 Å². The Morgan fingerprint density at radius 2 is 1.96 bits per heavy atom. The molecule has 24 heavy (non-hydrogen) atoms. The van der Waals surface area contributed by atoms with Gasteiger partial charge in [-0.25, -0.2) is 4.79 Å². The van der Waals surface area contributed by atoms with Gasteiger partial charge in [0.25, 0.3) is 0 Å². The van der Waals surface area contributed by atoms with Gasteiger partial charge in [0, 0.05) is 23.4 Å². The van der Waals surface area contributed by atoms with Gasteiger partial charge in [0.1, 0.15) is 11.3 Å². The number of unbranched alkanes of at least 4 members (excludes halogenated alkanes) is 1. The van der Waals surface area contributed by atoms with Crippen molar-refractivity contribution in [3.8, 4) is 5.75 Å². The van der Waals surface area contributed by atoms with Crippen molar-refractivity contribution in [2.24, 2.45) is 5.92 Å². The zero-order valence-corrected chi connectivity index (χ0v) is 14.2. The smallest absolute Gasteiger partial charge is 0.336 e. The molecule has 1 aromatic carbocycles. The van der Waals surface area contributed by atoms with Crippen LogP contribution >= 0.6 is 0 Å². The number of hydrogen-bond acceptors (Lipinski definition) is 4. The second kappa shape index (κ2) is 8.52. The summed E-state index contributed by atoms with van der Waals surface area (Å²) in [6.45, 7) is 4.74. The first-order chi connectivity index (χ1) is 11.5. The standard InChI is InChI=1S/C19H24O5/c1-13(2)6-9-15-16(23-12-4-3-5-17(20)21)10-7-14-8-11-18(22)24-19(14)15/h7-8,10-11,13H,3-6,9,12H2,1-2H3,(H,20,21). The van der Waals surface area contributed by atoms with Crippen LogP contribution in [0, 0.1) is 5.92 Å². The van der Waals surface area contributed by atoms with Crippen molar-refractivity contribution in [1.82, 2.24) is 0 Å². The lowest BCUT2D eigenvalue weighted by atomic mass is 10.00. The van der Waals surface area contributed by atoms with Crippen LogP contribution in [0.2, 0.25) is 0 Å². The van der Waals surface area contributed by atoms with Crippen molar-refractivity contribution in [3.05, 3.63) is 40.2 Å². The van der Waals surface area contributed by atoms with Crippen molar-refractivity contribution in [2.45, 2.75) is 46.0 Å². The molecule has 0 amide bonds. The highest BCUT2D eigenvalue weighted by atomic mass is 16.5. The minimum Gasteiger partial charge on any atom is -0.493 e. The summed E-state index contributed by atoms with van der Waals surface area (Å²) in [5.41, 5.74) is 1.13. The number of aliphatic carboxylic acids is 1. The fourth-order valence-electron chi connectivity index (χ4n) is 2.54. The highest BCUT2D eigenvalue weighted by Gasteiger charge is 2.12. The van der Waals surface area contributed by atoms with E-state index in [1.54, 1.807) is 6.07 Å². The average molecular weight is 332 g/mol. The van der Waals surface area contributed by atoms with E-state index in [1.807, 2.05) is 12.1 Å². The number of aryl methyl sites for hydroxylation is 1. The summed E-state index contributed by atoms with van der Waals surface area (Å²) in [4.78, 5) is 22.1. The summed E-state index contributed by atoms with van der Waals surface area (Å²) in [5.74, 6) is 0.451. The Morgan fingerprint density at radius 3 is 2.67 bits per heavy atom. The first-order valence-corrected chi connectivity index (χ1v) is 8.37. The highest BCUT2D eigenvalue weighted by molar-refractivity contribution is 5.82. The molecule has 0 aliphatic heterocycles. The molecule has 1 heterocycles. The summed E-state index contributed by atoms with van der Waals surface area (Å²) in [5, 5.41) is 9.54. The largest absolute Gasteiger partial charge is 0.493 e. The lowest BCUT2D eigenvalue weighted by Gasteiger charge is -2.14. The molecule has 0 aliphatic carbocycles. The zero-order chi connectivity index (χ0) is 17.5. The lowest BCUT2D eigenvalue weighted by Crippen LogP contribution is -2.05. The molecule has 0 atom stereocenters. The molecule has 5 nitrogen and oxygen atoms in total. The molecule has 2 aromatic rings. The molecular formula is C19H24O5. The van der Waals surface area contributed by atoms with Crippen LogP contribution in [0.5, 0.6) is 5.75 Å². The third-order valence-electron chi connectivity index (χ3n) is 3.86. The van der Waals surface area contributed by atoms with Crippen molar-refractivity contribution in [2.75, 3.05) is 6.61 Å². The summed E-state index contributed by atoms with van der Waals surface area (Å²) >= 11 is 0. The van der Waals surface area contributed by atoms with Gasteiger partial charge >= 0.3 is 11.6 Å². The van der Waals surface area contributed by atoms with Gasteiger partial charge in [-0.3, -0.25) is 4.79 Å². The Bertz CT molecular complexity index is 745. The molecule has 0 radical (unpaired) electrons. The maximum atomic E-state index is 11.6. The minimum absolute atomic E-state index is 0.149. The lowest BCUT2D eigenvalue weighted by molar-refractivity contribution is -0.137. The average Bonchev–Trinajstić information content (AvgIpc) is 2.52. The third kappa shape index (κ3) is 5.11. The van der Waals surface area contributed by atoms with E-state index in [0.717, 1.165) is 23.8 Å². The van der Waals surface area contributed by atoms with Gasteiger partial charge < -0.3 is 14.3 Å². The van der Waals surface area contributed by atoms with E-state index >= 15 is 0 Å². The summed E-state index contributed by atoms with van der Waals surface area (Å²) in [6, 6.07) is 6.95. The molecule has 5 heteroatoms. The van der Waals surface area contributed by atoms with Gasteiger partial charge in [0.2, 0.25) is 0 Å². The van der Waals surface area contributed by atoms with Gasteiger partial charge in [0.05, 0.1) is 6.61 Å². The van der Waals surface area contributed by atoms with Crippen LogP contribution in [-0.2, 0) is 11.2 Å². The molecule has 0 unspecified atom stereocenters. The second-order valence-corrected chi connectivity index (χ2v) is 6.35. The first kappa shape index (κ1) is 18.0. The van der Waals surface area contributed by atoms with Gasteiger partial charge in [-0.05, 0) is 49.8 Å². The summed E-state index contributed by atoms with van der Waals surface area (Å²) in [7, 11) is 0. The number of carboxylic acids is 1. The summed E-state index contributed by atoms with van der Waals surface area (Å²) in [6.07, 6.45) is 3.14. The topological polar surface area (TPSA) is 76.7 Å². The Balaban J connectivity index is 2.18. The third-order valence-corrected chi connectivity index (χ3v) is 3.86. The maximum Gasteiger partial charge on any atom is 0.336 e. The molecule has 2 rings (SSSR count). The molecule has 0 saturated carbocycles. The Kier molecular flexibility index (Phi) is 6.41. The SMILES string of the molecule is CC(C)CCc1c(OCCCCC(=O)O)ccc2ccc(=O)oc12. The number of hydrogen-bond donors (Lipinski definition) is 1. The van der Waals surface area contributed by atoms with E-state index < -0.39 is 5.97 Å². The van der Waals surface area contributed by atoms with E-state index in [4.69, 9.17) is 14.3 Å². The van der Waals surface area contributed by atoms with E-state index in [0.29, 0.717) is 36.7 Å². The molecule has 0 fully saturated rings. The highest BCUT2D eigenvalue weighted by Crippen LogP contribution is 2.29. The predicted molar refractivity (Wildman–Crippen MR) is 92.6 cm³/mol. The minimum atomic E-state index is -0.792. The molecule has 0 saturated heterocycles. The monoisotopic (exact) mass is 332 g/mol. The molecule has 0 aliphatic rings. The second-order valence-electron chi connectivity index (χ2n) is 6.35. The number of benzene rings is 1. The Labute approximate surface area is 141 Å². The molecule has 1 aromatic heterocycles. The maximum absolute atomic E-state index is 11.6. The van der Waals surface area contributed by atoms with Crippen molar-refractivity contribution in [1.29, 1.82) is 0 Å². The van der Waals surface area contributed by atoms with Gasteiger partial charge in [-0.1, -0.05) is 13.8 Å². The molecule has 0 bridgehead atoms. The van der Waals surface area contributed by atoms with Crippen LogP contribution in [0.1, 0.15) is 45.1 Å². The zero-order valence-electron chi connectivity index (χ0n) is 14.2. The van der Waals surface area contributed by atoms with Gasteiger partial charge in [-0.2, -0.15) is 0 Å². The molecular weight excluding hydrogens is 308 g/mol. The number of rotatable bonds is 9. The number of carboxylic acid groups (broad SMARTS) is 1. The van der Waals surface area contributed by atoms with Crippen molar-refractivity contribution >= 4 is 16.9 Å². The van der Waals surface area contributed by atoms with Crippen LogP contribution in [0.4, 0.5) is 0 Å². The van der Waals surface area contributed by atoms with Crippen LogP contribution in [0.15, 0.2) is 33.5 Å². The van der Waals surface area contributed by atoms with Crippen molar-refractivity contribution in [3.63, 3.8) is 0 Å². The Hall–Kier alpha value is -2.30. The van der Waals surface area contributed by atoms with E-state index in [-0.39, 0.29) is 12.0 Å².